The molecule has 1 fully saturated rings. The van der Waals surface area contributed by atoms with E-state index in [9.17, 15) is 63.9 Å². The van der Waals surface area contributed by atoms with Gasteiger partial charge in [0.1, 0.15) is 29.2 Å². The first-order chi connectivity index (χ1) is 48.3. The number of unbranched alkanes of at least 4 members (excludes halogenated alkanes) is 2. The first-order valence-electron chi connectivity index (χ1n) is 34.8. The number of rotatable bonds is 21. The number of nitrogens with two attached hydrogens (primary N) is 1. The van der Waals surface area contributed by atoms with Crippen LogP contribution in [0.25, 0.3) is 38.7 Å². The molecule has 11 N–H and O–H groups in total. The average molecular weight is 1410 g/mol. The van der Waals surface area contributed by atoms with Crippen LogP contribution < -0.4 is 52.7 Å². The van der Waals surface area contributed by atoms with Gasteiger partial charge in [-0.05, 0) is 63.7 Å². The lowest BCUT2D eigenvalue weighted by atomic mass is 9.78. The summed E-state index contributed by atoms with van der Waals surface area (Å²) in [5.74, 6) is -9.61. The first-order valence-corrected chi connectivity index (χ1v) is 34.8. The fourth-order valence-corrected chi connectivity index (χ4v) is 13.9. The number of fused-ring (bicyclic) bond motifs is 2. The number of nitrogens with zero attached hydrogens (tertiary/aromatic N) is 4. The number of piperazine rings is 1. The number of carbonyl (C=O) groups is 7. The number of allylic oxidation sites excluding steroid dienone is 2. The Labute approximate surface area is 590 Å². The van der Waals surface area contributed by atoms with E-state index in [0.717, 1.165) is 10.5 Å². The second-order valence-electron chi connectivity index (χ2n) is 28.4. The number of anilines is 3. The molecule has 4 aromatic carbocycles. The summed E-state index contributed by atoms with van der Waals surface area (Å²) in [5.41, 5.74) is 4.73. The summed E-state index contributed by atoms with van der Waals surface area (Å²) in [7, 11) is 3.54. The Balaban J connectivity index is 0.943. The number of Topliss-reactive ketones (excluding diaryl/α,β-unsaturated/α-hetero) is 1. The molecule has 548 valence electrons. The zero-order valence-corrected chi connectivity index (χ0v) is 59.7. The van der Waals surface area contributed by atoms with Crippen LogP contribution in [0.4, 0.5) is 21.9 Å². The van der Waals surface area contributed by atoms with E-state index < -0.39 is 112 Å². The number of methoxy groups -OCH3 is 1. The summed E-state index contributed by atoms with van der Waals surface area (Å²) < 4.78 is 25.4. The molecule has 27 nitrogen and oxygen atoms in total. The number of aromatic nitrogens is 1. The molecule has 4 aliphatic rings. The predicted molar refractivity (Wildman–Crippen MR) is 383 cm³/mol. The number of aliphatic hydroxyl groups is 4. The standard InChI is InChI=1S/C75H95N9O18/c1-39(2)60(79-54(87)20-13-12-14-29-83-55(88)25-26-56(83)89)50(85)35-47(19-16-28-77-74(76)98)73(97)78-48-23-21-46(22-24-48)38-84(10)32-30-82(31-33-84)49-36-51(86)61-53(37-49)101-70-62(80-61)57-58-67(93)45(8)69-59(57)71(95)75(9,102-69)100-34-27-52(99-11)42(5)65(91)44(7)66(92)43(6)64(90)40(3)17-15-18-41(4)72(96)81-63(70)68(58)94/h15,17-18,21-27,34,36-37,39-40,42-44,47,52,60,64-66,90-92H,12-14,16,19-20,28-33,35,38H2,1-11H3,(H7-,76,77,78,79,80,81,86,87,88,89,93,94,95,96,97,98)/p+1/b17-15+,34-27+,41-18-/t40-,42+,43+,44-,47+,52-,60-,64-,65+,66+,75-/m0/s1. The lowest BCUT2D eigenvalue weighted by Gasteiger charge is -2.43. The molecule has 27 heteroatoms. The second-order valence-corrected chi connectivity index (χ2v) is 28.4. The third-order valence-electron chi connectivity index (χ3n) is 20.5. The van der Waals surface area contributed by atoms with Crippen LogP contribution in [-0.2, 0) is 44.8 Å². The van der Waals surface area contributed by atoms with Crippen LogP contribution in [0, 0.1) is 42.4 Å². The molecule has 1 aromatic heterocycles. The minimum atomic E-state index is -2.03. The normalized spacial score (nSPS) is 25.1. The van der Waals surface area contributed by atoms with Crippen LogP contribution in [0.1, 0.15) is 111 Å². The SMILES string of the molecule is CO[C@H]1/C=C/O[C@@]2(C)Oc3c(C)c(O)c4c(=O)c(c5oc6cc(N7CC[N+](C)(Cc8ccc(NC(=O)[C@H](CCCNC(N)=O)CC(=O)[C@@H](NC(=O)CCCCCN9C(=O)C=CC9=O)C(C)C)cc8)CC7)cc(=O)c6nc5c4c3=C2O)NC(=O)/C(C)=C\C=C\[C@H](C)[C@H](O)[C@@H](C)[C@@H](O)[C@@H](C)[C@H](O)[C@@H]1C. The molecule has 0 aliphatic carbocycles. The lowest BCUT2D eigenvalue weighted by molar-refractivity contribution is -0.923. The zero-order valence-electron chi connectivity index (χ0n) is 59.7. The van der Waals surface area contributed by atoms with E-state index in [-0.39, 0.29) is 117 Å². The monoisotopic (exact) mass is 1410 g/mol. The molecule has 11 atom stereocenters. The molecule has 1 saturated heterocycles. The van der Waals surface area contributed by atoms with Crippen molar-refractivity contribution in [2.75, 3.05) is 69.0 Å². The van der Waals surface area contributed by atoms with Gasteiger partial charge in [-0.1, -0.05) is 78.3 Å². The first kappa shape index (κ1) is 76.6. The minimum absolute atomic E-state index is 0.0206. The summed E-state index contributed by atoms with van der Waals surface area (Å²) in [6.07, 6.45) is 7.69. The largest absolute Gasteiger partial charge is 0.507 e. The van der Waals surface area contributed by atoms with Crippen molar-refractivity contribution in [1.82, 2.24) is 20.5 Å². The van der Waals surface area contributed by atoms with Gasteiger partial charge < -0.3 is 80.5 Å². The molecule has 4 bridgehead atoms. The molecule has 0 spiro atoms. The second kappa shape index (κ2) is 32.2. The highest BCUT2D eigenvalue weighted by molar-refractivity contribution is 6.17. The Morgan fingerprint density at radius 3 is 2.19 bits per heavy atom. The van der Waals surface area contributed by atoms with Gasteiger partial charge in [0, 0.05) is 127 Å². The van der Waals surface area contributed by atoms with Gasteiger partial charge in [0.15, 0.2) is 28.2 Å². The number of hydrogen-bond donors (Lipinski definition) is 10. The number of quaternary nitrogens is 1. The Bertz CT molecular complexity index is 4350. The molecule has 7 amide bonds. The van der Waals surface area contributed by atoms with Crippen LogP contribution >= 0.6 is 0 Å². The number of amides is 7. The average Bonchev–Trinajstić information content (AvgIpc) is 1.38. The van der Waals surface area contributed by atoms with Gasteiger partial charge in [0.25, 0.3) is 17.7 Å². The van der Waals surface area contributed by atoms with Gasteiger partial charge in [-0.2, -0.15) is 0 Å². The Hall–Kier alpha value is -9.54. The maximum atomic E-state index is 15.2. The van der Waals surface area contributed by atoms with Gasteiger partial charge in [0.05, 0.1) is 80.6 Å². The maximum absolute atomic E-state index is 15.2. The van der Waals surface area contributed by atoms with Crippen LogP contribution in [0.3, 0.4) is 0 Å². The molecule has 0 saturated carbocycles. The van der Waals surface area contributed by atoms with Gasteiger partial charge in [0.2, 0.25) is 22.7 Å². The van der Waals surface area contributed by atoms with Crippen molar-refractivity contribution < 1.29 is 82.2 Å². The number of imide groups is 1. The topological polar surface area (TPSA) is 389 Å². The lowest BCUT2D eigenvalue weighted by Crippen LogP contribution is -2.56. The third-order valence-corrected chi connectivity index (χ3v) is 20.5. The molecule has 5 aromatic rings. The summed E-state index contributed by atoms with van der Waals surface area (Å²) in [6.45, 7) is 18.0. The molecule has 5 heterocycles. The number of urea groups is 1. The Kier molecular flexibility index (Phi) is 24.2. The van der Waals surface area contributed by atoms with E-state index in [2.05, 4.69) is 28.3 Å². The Morgan fingerprint density at radius 1 is 0.863 bits per heavy atom. The maximum Gasteiger partial charge on any atom is 0.312 e. The summed E-state index contributed by atoms with van der Waals surface area (Å²) in [4.78, 5) is 128. The molecular formula is C75H96N9O18+. The van der Waals surface area contributed by atoms with Gasteiger partial charge in [-0.15, -0.1) is 0 Å². The smallest absolute Gasteiger partial charge is 0.312 e. The molecular weight excluding hydrogens is 1310 g/mol. The summed E-state index contributed by atoms with van der Waals surface area (Å²) in [6, 6.07) is 8.84. The van der Waals surface area contributed by atoms with Crippen LogP contribution in [0.15, 0.2) is 98.7 Å². The number of hydrogen-bond acceptors (Lipinski definition) is 20. The number of primary amides is 1. The van der Waals surface area contributed by atoms with Crippen molar-refractivity contribution in [3.05, 3.63) is 121 Å². The van der Waals surface area contributed by atoms with E-state index in [1.165, 1.54) is 64.5 Å². The minimum Gasteiger partial charge on any atom is -0.507 e. The van der Waals surface area contributed by atoms with Crippen molar-refractivity contribution in [2.24, 2.45) is 41.2 Å². The summed E-state index contributed by atoms with van der Waals surface area (Å²) in [5, 5.41) is 69.2. The van der Waals surface area contributed by atoms with Crippen LogP contribution in [0.5, 0.6) is 11.5 Å². The Morgan fingerprint density at radius 2 is 1.53 bits per heavy atom. The predicted octanol–water partition coefficient (Wildman–Crippen LogP) is 6.04. The number of ether oxygens (including phenoxy) is 3. The number of ketones is 1. The van der Waals surface area contributed by atoms with Gasteiger partial charge in [-0.3, -0.25) is 43.3 Å². The molecule has 4 aliphatic heterocycles. The van der Waals surface area contributed by atoms with E-state index in [1.807, 2.05) is 17.0 Å². The van der Waals surface area contributed by atoms with Crippen LogP contribution in [0.2, 0.25) is 0 Å². The molecule has 9 rings (SSSR count). The van der Waals surface area contributed by atoms with Gasteiger partial charge in [-0.25, -0.2) is 9.78 Å². The molecule has 0 unspecified atom stereocenters. The number of aromatic hydroxyl groups is 1. The number of nitrogens with one attached hydrogen (secondary N) is 4. The van der Waals surface area contributed by atoms with Crippen molar-refractivity contribution in [3.63, 3.8) is 0 Å². The van der Waals surface area contributed by atoms with Crippen molar-refractivity contribution in [2.45, 2.75) is 150 Å². The highest BCUT2D eigenvalue weighted by Gasteiger charge is 2.44. The number of benzene rings is 4. The molecule has 0 radical (unpaired) electrons. The van der Waals surface area contributed by atoms with Crippen molar-refractivity contribution >= 4 is 97.1 Å². The highest BCUT2D eigenvalue weighted by Crippen LogP contribution is 2.43. The van der Waals surface area contributed by atoms with Gasteiger partial charge >= 0.3 is 11.8 Å². The van der Waals surface area contributed by atoms with Crippen LogP contribution in [-0.4, -0.2) is 171 Å². The number of aliphatic hydroxyl groups excluding tert-OH is 4. The van der Waals surface area contributed by atoms with E-state index in [1.54, 1.807) is 71.9 Å². The van der Waals surface area contributed by atoms with E-state index >= 15 is 4.79 Å². The fraction of sp³-hybridized carbons (Fsp3) is 0.493. The summed E-state index contributed by atoms with van der Waals surface area (Å²) >= 11 is 0. The number of likely N-dealkylation sites (N-methyl/N-ethyl adjacent to an activating group) is 1. The number of carbonyl (C=O) groups excluding carboxylic acids is 7. The number of phenolic OH excluding ortho intramolecular Hbond substituents is 1. The van der Waals surface area contributed by atoms with E-state index in [4.69, 9.17) is 29.3 Å². The van der Waals surface area contributed by atoms with Crippen molar-refractivity contribution in [3.8, 4) is 11.5 Å². The van der Waals surface area contributed by atoms with E-state index in [0.29, 0.717) is 74.3 Å². The zero-order chi connectivity index (χ0) is 74.4. The van der Waals surface area contributed by atoms with Crippen molar-refractivity contribution in [1.29, 1.82) is 0 Å². The third kappa shape index (κ3) is 16.8. The fourth-order valence-electron chi connectivity index (χ4n) is 13.9. The molecule has 102 heavy (non-hydrogen) atoms. The quantitative estimate of drug-likeness (QED) is 0.0131. The number of phenols is 1. The highest BCUT2D eigenvalue weighted by atomic mass is 16.7.